The van der Waals surface area contributed by atoms with E-state index in [9.17, 15) is 0 Å². The average molecular weight is 359 g/mol. The maximum Gasteiger partial charge on any atom is 0.0765 e. The lowest BCUT2D eigenvalue weighted by Gasteiger charge is -2.28. The minimum Gasteiger partial charge on any atom is -0.0889 e. The van der Waals surface area contributed by atoms with E-state index < -0.39 is 0 Å². The number of allylic oxidation sites excluding steroid dienone is 2. The van der Waals surface area contributed by atoms with E-state index in [0.717, 1.165) is 9.81 Å². The van der Waals surface area contributed by atoms with Gasteiger partial charge >= 0.3 is 0 Å². The lowest BCUT2D eigenvalue weighted by atomic mass is 10.5. The van der Waals surface area contributed by atoms with Gasteiger partial charge in [-0.25, -0.2) is 0 Å². The molecular formula is C12H22S6. The Balaban J connectivity index is 4.11. The lowest BCUT2D eigenvalue weighted by Crippen LogP contribution is -2.10. The molecule has 0 saturated carbocycles. The molecule has 0 aliphatic carbocycles. The van der Waals surface area contributed by atoms with E-state index in [1.54, 1.807) is 21.6 Å². The molecule has 0 fully saturated rings. The summed E-state index contributed by atoms with van der Waals surface area (Å²) < 4.78 is 0.361. The third kappa shape index (κ3) is 11.4. The van der Waals surface area contributed by atoms with Crippen LogP contribution in [-0.4, -0.2) is 8.16 Å². The number of hydrogen-bond acceptors (Lipinski definition) is 6. The molecule has 0 aromatic heterocycles. The molecule has 0 aliphatic rings. The predicted molar refractivity (Wildman–Crippen MR) is 103 cm³/mol. The number of rotatable bonds is 9. The van der Waals surface area contributed by atoms with Crippen LogP contribution in [0.25, 0.3) is 0 Å². The van der Waals surface area contributed by atoms with Gasteiger partial charge in [0.25, 0.3) is 0 Å². The van der Waals surface area contributed by atoms with E-state index >= 15 is 0 Å². The Morgan fingerprint density at radius 3 is 1.17 bits per heavy atom. The highest BCUT2D eigenvalue weighted by molar-refractivity contribution is 8.90. The van der Waals surface area contributed by atoms with Crippen molar-refractivity contribution in [2.24, 2.45) is 0 Å². The molecule has 0 unspecified atom stereocenters. The topological polar surface area (TPSA) is 0 Å². The van der Waals surface area contributed by atoms with Crippen LogP contribution in [0.4, 0.5) is 0 Å². The summed E-state index contributed by atoms with van der Waals surface area (Å²) in [5.74, 6) is 0. The van der Waals surface area contributed by atoms with Crippen molar-refractivity contribution in [2.45, 2.75) is 49.7 Å². The van der Waals surface area contributed by atoms with Crippen molar-refractivity contribution in [1.82, 2.24) is 0 Å². The first kappa shape index (κ1) is 19.6. The largest absolute Gasteiger partial charge is 0.0889 e. The van der Waals surface area contributed by atoms with Gasteiger partial charge in [0.2, 0.25) is 0 Å². The molecule has 0 nitrogen and oxygen atoms in total. The van der Waals surface area contributed by atoms with Gasteiger partial charge in [-0.1, -0.05) is 77.9 Å². The minimum absolute atomic E-state index is 0.181. The van der Waals surface area contributed by atoms with Gasteiger partial charge in [-0.3, -0.25) is 0 Å². The Morgan fingerprint density at radius 2 is 0.944 bits per heavy atom. The molecule has 18 heavy (non-hydrogen) atoms. The number of hydrogen-bond donors (Lipinski definition) is 0. The SMILES string of the molecule is C=C(C)SSC(C)(C)SSC(C)(C)SSC(=C)C. The van der Waals surface area contributed by atoms with Gasteiger partial charge in [0.05, 0.1) is 8.16 Å². The van der Waals surface area contributed by atoms with E-state index in [2.05, 4.69) is 54.7 Å². The molecule has 0 aromatic carbocycles. The fourth-order valence-corrected chi connectivity index (χ4v) is 8.37. The maximum atomic E-state index is 3.92. The molecule has 0 atom stereocenters. The fraction of sp³-hybridized carbons (Fsp3) is 0.667. The molecule has 0 aliphatic heterocycles. The van der Waals surface area contributed by atoms with Crippen molar-refractivity contribution >= 4 is 64.8 Å². The summed E-state index contributed by atoms with van der Waals surface area (Å²) in [6, 6.07) is 0. The molecule has 0 N–H and O–H groups in total. The van der Waals surface area contributed by atoms with Crippen LogP contribution in [-0.2, 0) is 0 Å². The molecule has 6 heteroatoms. The first-order valence-corrected chi connectivity index (χ1v) is 11.9. The zero-order chi connectivity index (χ0) is 14.4. The van der Waals surface area contributed by atoms with Crippen LogP contribution >= 0.6 is 64.8 Å². The van der Waals surface area contributed by atoms with Crippen LogP contribution in [0.15, 0.2) is 23.0 Å². The van der Waals surface area contributed by atoms with Gasteiger partial charge in [0, 0.05) is 0 Å². The minimum atomic E-state index is 0.181. The van der Waals surface area contributed by atoms with Gasteiger partial charge in [-0.15, -0.1) is 0 Å². The van der Waals surface area contributed by atoms with Crippen molar-refractivity contribution in [2.75, 3.05) is 0 Å². The van der Waals surface area contributed by atoms with Crippen molar-refractivity contribution < 1.29 is 0 Å². The molecule has 0 radical (unpaired) electrons. The summed E-state index contributed by atoms with van der Waals surface area (Å²) in [7, 11) is 11.2. The molecule has 0 spiro atoms. The molecule has 106 valence electrons. The zero-order valence-corrected chi connectivity index (χ0v) is 16.8. The van der Waals surface area contributed by atoms with Gasteiger partial charge in [-0.2, -0.15) is 0 Å². The molecule has 0 amide bonds. The van der Waals surface area contributed by atoms with Crippen LogP contribution in [0.1, 0.15) is 41.5 Å². The zero-order valence-electron chi connectivity index (χ0n) is 11.9. The van der Waals surface area contributed by atoms with Crippen molar-refractivity contribution in [3.8, 4) is 0 Å². The third-order valence-corrected chi connectivity index (χ3v) is 13.4. The predicted octanol–water partition coefficient (Wildman–Crippen LogP) is 7.67. The Hall–Kier alpha value is 1.58. The van der Waals surface area contributed by atoms with E-state index in [0.29, 0.717) is 0 Å². The highest BCUT2D eigenvalue weighted by atomic mass is 33.2. The molecule has 0 heterocycles. The maximum absolute atomic E-state index is 3.92. The Bertz CT molecular complexity index is 265. The normalized spacial score (nSPS) is 12.6. The van der Waals surface area contributed by atoms with Crippen LogP contribution in [0.2, 0.25) is 0 Å². The van der Waals surface area contributed by atoms with Crippen LogP contribution in [0.5, 0.6) is 0 Å². The molecule has 0 saturated heterocycles. The highest BCUT2D eigenvalue weighted by Gasteiger charge is 2.27. The van der Waals surface area contributed by atoms with Crippen LogP contribution < -0.4 is 0 Å². The Morgan fingerprint density at radius 1 is 0.667 bits per heavy atom. The van der Waals surface area contributed by atoms with Crippen molar-refractivity contribution in [1.29, 1.82) is 0 Å². The van der Waals surface area contributed by atoms with E-state index in [1.807, 2.05) is 43.2 Å². The molecule has 0 rings (SSSR count). The van der Waals surface area contributed by atoms with Crippen molar-refractivity contribution in [3.63, 3.8) is 0 Å². The quantitative estimate of drug-likeness (QED) is 0.304. The van der Waals surface area contributed by atoms with Crippen molar-refractivity contribution in [3.05, 3.63) is 23.0 Å². The first-order valence-electron chi connectivity index (χ1n) is 5.43. The van der Waals surface area contributed by atoms with Gasteiger partial charge in [-0.05, 0) is 51.4 Å². The average Bonchev–Trinajstić information content (AvgIpc) is 2.22. The van der Waals surface area contributed by atoms with Gasteiger partial charge in [0.15, 0.2) is 0 Å². The monoisotopic (exact) mass is 358 g/mol. The van der Waals surface area contributed by atoms with E-state index in [-0.39, 0.29) is 8.16 Å². The lowest BCUT2D eigenvalue weighted by molar-refractivity contribution is 1.03. The standard InChI is InChI=1S/C12H22S6/c1-9(2)13-15-11(5,6)17-18-12(7,8)16-14-10(3)4/h1,3H2,2,4-8H3. The molecular weight excluding hydrogens is 337 g/mol. The van der Waals surface area contributed by atoms with E-state index in [4.69, 9.17) is 0 Å². The second-order valence-electron chi connectivity index (χ2n) is 4.70. The van der Waals surface area contributed by atoms with Crippen LogP contribution in [0.3, 0.4) is 0 Å². The summed E-state index contributed by atoms with van der Waals surface area (Å²) in [5, 5.41) is 0. The Kier molecular flexibility index (Phi) is 9.55. The molecule has 0 bridgehead atoms. The summed E-state index contributed by atoms with van der Waals surface area (Å²) in [6.45, 7) is 21.0. The smallest absolute Gasteiger partial charge is 0.0765 e. The van der Waals surface area contributed by atoms with Gasteiger partial charge in [0.1, 0.15) is 0 Å². The fourth-order valence-electron chi connectivity index (χ4n) is 0.571. The second kappa shape index (κ2) is 8.78. The summed E-state index contributed by atoms with van der Waals surface area (Å²) in [4.78, 5) is 2.32. The highest BCUT2D eigenvalue weighted by Crippen LogP contribution is 2.57. The first-order chi connectivity index (χ1) is 8.04. The van der Waals surface area contributed by atoms with Gasteiger partial charge < -0.3 is 0 Å². The molecule has 0 aromatic rings. The Labute approximate surface area is 136 Å². The summed E-state index contributed by atoms with van der Waals surface area (Å²) >= 11 is 0. The summed E-state index contributed by atoms with van der Waals surface area (Å²) in [6.07, 6.45) is 0. The second-order valence-corrected chi connectivity index (χ2v) is 14.7. The summed E-state index contributed by atoms with van der Waals surface area (Å²) in [5.41, 5.74) is 0. The van der Waals surface area contributed by atoms with Crippen LogP contribution in [0, 0.1) is 0 Å². The third-order valence-electron chi connectivity index (χ3n) is 1.21. The van der Waals surface area contributed by atoms with E-state index in [1.165, 1.54) is 0 Å².